The Morgan fingerprint density at radius 1 is 1.42 bits per heavy atom. The first-order valence-corrected chi connectivity index (χ1v) is 4.48. The average molecular weight is 159 g/mol. The predicted octanol–water partition coefficient (Wildman–Crippen LogP) is 3.69. The van der Waals surface area contributed by atoms with Crippen molar-refractivity contribution in [1.29, 1.82) is 0 Å². The van der Waals surface area contributed by atoms with E-state index in [1.165, 1.54) is 24.0 Å². The molecule has 0 aromatic heterocycles. The standard InChI is InChI=1S/C12H15/c1-3-4-8-11(2)12-9-6-5-7-10-12/h6-10H,3-4H2,1-2H3. The Labute approximate surface area is 74.9 Å². The first-order valence-electron chi connectivity index (χ1n) is 4.48. The van der Waals surface area contributed by atoms with Crippen LogP contribution in [-0.4, -0.2) is 0 Å². The maximum absolute atomic E-state index is 3.02. The molecule has 12 heavy (non-hydrogen) atoms. The molecule has 1 radical (unpaired) electrons. The fourth-order valence-corrected chi connectivity index (χ4v) is 1.13. The van der Waals surface area contributed by atoms with E-state index < -0.39 is 0 Å². The van der Waals surface area contributed by atoms with Gasteiger partial charge in [-0.05, 0) is 30.5 Å². The quantitative estimate of drug-likeness (QED) is 0.631. The van der Waals surface area contributed by atoms with E-state index in [-0.39, 0.29) is 0 Å². The molecule has 0 aliphatic carbocycles. The molecule has 0 saturated carbocycles. The van der Waals surface area contributed by atoms with Gasteiger partial charge in [-0.3, -0.25) is 0 Å². The van der Waals surface area contributed by atoms with Crippen LogP contribution in [0.3, 0.4) is 0 Å². The number of rotatable bonds is 3. The Hall–Kier alpha value is -1.04. The van der Waals surface area contributed by atoms with Gasteiger partial charge in [-0.1, -0.05) is 43.7 Å². The molecule has 0 fully saturated rings. The fraction of sp³-hybridized carbons (Fsp3) is 0.333. The molecule has 0 spiro atoms. The molecule has 0 heteroatoms. The van der Waals surface area contributed by atoms with E-state index in [4.69, 9.17) is 0 Å². The van der Waals surface area contributed by atoms with Gasteiger partial charge in [0.05, 0.1) is 0 Å². The molecule has 0 N–H and O–H groups in total. The molecular formula is C12H15. The van der Waals surface area contributed by atoms with Crippen LogP contribution in [0.4, 0.5) is 0 Å². The van der Waals surface area contributed by atoms with Gasteiger partial charge in [0, 0.05) is 0 Å². The number of hydrogen-bond donors (Lipinski definition) is 0. The van der Waals surface area contributed by atoms with E-state index in [2.05, 4.69) is 38.1 Å². The summed E-state index contributed by atoms with van der Waals surface area (Å²) in [5, 5.41) is 0. The van der Waals surface area contributed by atoms with Crippen LogP contribution in [0.15, 0.2) is 30.3 Å². The Morgan fingerprint density at radius 2 is 2.08 bits per heavy atom. The van der Waals surface area contributed by atoms with E-state index in [1.54, 1.807) is 0 Å². The van der Waals surface area contributed by atoms with Gasteiger partial charge >= 0.3 is 0 Å². The van der Waals surface area contributed by atoms with Crippen molar-refractivity contribution in [1.82, 2.24) is 0 Å². The highest BCUT2D eigenvalue weighted by Gasteiger charge is 1.91. The molecular weight excluding hydrogens is 144 g/mol. The van der Waals surface area contributed by atoms with E-state index in [0.29, 0.717) is 0 Å². The van der Waals surface area contributed by atoms with Crippen LogP contribution < -0.4 is 0 Å². The minimum Gasteiger partial charge on any atom is -0.0810 e. The lowest BCUT2D eigenvalue weighted by Crippen LogP contribution is -1.77. The van der Waals surface area contributed by atoms with Gasteiger partial charge < -0.3 is 0 Å². The molecule has 0 bridgehead atoms. The normalized spacial score (nSPS) is 11.7. The third-order valence-corrected chi connectivity index (χ3v) is 1.91. The van der Waals surface area contributed by atoms with Crippen molar-refractivity contribution in [3.05, 3.63) is 42.0 Å². The zero-order valence-electron chi connectivity index (χ0n) is 7.80. The van der Waals surface area contributed by atoms with Gasteiger partial charge in [0.15, 0.2) is 0 Å². The van der Waals surface area contributed by atoms with Crippen molar-refractivity contribution >= 4 is 5.57 Å². The van der Waals surface area contributed by atoms with Crippen LogP contribution in [0.5, 0.6) is 0 Å². The smallest absolute Gasteiger partial charge is 0.0184 e. The van der Waals surface area contributed by atoms with Crippen LogP contribution in [0, 0.1) is 6.07 Å². The molecule has 1 aromatic carbocycles. The van der Waals surface area contributed by atoms with Crippen molar-refractivity contribution in [3.8, 4) is 0 Å². The summed E-state index contributed by atoms with van der Waals surface area (Å²) < 4.78 is 0. The van der Waals surface area contributed by atoms with Gasteiger partial charge in [-0.2, -0.15) is 0 Å². The number of unbranched alkanes of at least 4 members (excludes halogenated alkanes) is 1. The van der Waals surface area contributed by atoms with Gasteiger partial charge in [-0.15, -0.1) is 0 Å². The molecule has 0 saturated heterocycles. The second-order valence-corrected chi connectivity index (χ2v) is 2.96. The summed E-state index contributed by atoms with van der Waals surface area (Å²) in [6.45, 7) is 4.35. The second-order valence-electron chi connectivity index (χ2n) is 2.96. The SMILES string of the molecule is CCCC=C(C)c1cc[c]cc1. The van der Waals surface area contributed by atoms with Crippen LogP contribution in [-0.2, 0) is 0 Å². The first kappa shape index (κ1) is 9.05. The summed E-state index contributed by atoms with van der Waals surface area (Å²) in [5.41, 5.74) is 2.67. The van der Waals surface area contributed by atoms with E-state index >= 15 is 0 Å². The second kappa shape index (κ2) is 4.76. The van der Waals surface area contributed by atoms with Crippen molar-refractivity contribution in [2.45, 2.75) is 26.7 Å². The highest BCUT2D eigenvalue weighted by Crippen LogP contribution is 2.13. The van der Waals surface area contributed by atoms with Crippen LogP contribution in [0.25, 0.3) is 5.57 Å². The third-order valence-electron chi connectivity index (χ3n) is 1.91. The van der Waals surface area contributed by atoms with Crippen LogP contribution in [0.2, 0.25) is 0 Å². The molecule has 0 atom stereocenters. The Balaban J connectivity index is 2.71. The van der Waals surface area contributed by atoms with E-state index in [1.807, 2.05) is 12.1 Å². The summed E-state index contributed by atoms with van der Waals surface area (Å²) in [5.74, 6) is 0. The maximum atomic E-state index is 3.02. The van der Waals surface area contributed by atoms with Crippen LogP contribution in [0.1, 0.15) is 32.3 Å². The van der Waals surface area contributed by atoms with E-state index in [0.717, 1.165) is 0 Å². The Bertz CT molecular complexity index is 244. The van der Waals surface area contributed by atoms with Crippen molar-refractivity contribution in [2.75, 3.05) is 0 Å². The fourth-order valence-electron chi connectivity index (χ4n) is 1.13. The molecule has 0 unspecified atom stereocenters. The third kappa shape index (κ3) is 2.54. The summed E-state index contributed by atoms with van der Waals surface area (Å²) in [6.07, 6.45) is 4.68. The molecule has 1 aromatic rings. The highest BCUT2D eigenvalue weighted by atomic mass is 14.0. The van der Waals surface area contributed by atoms with Gasteiger partial charge in [0.25, 0.3) is 0 Å². The number of hydrogen-bond acceptors (Lipinski definition) is 0. The molecule has 63 valence electrons. The molecule has 0 nitrogen and oxygen atoms in total. The minimum absolute atomic E-state index is 1.17. The molecule has 1 rings (SSSR count). The van der Waals surface area contributed by atoms with Crippen molar-refractivity contribution < 1.29 is 0 Å². The topological polar surface area (TPSA) is 0 Å². The lowest BCUT2D eigenvalue weighted by molar-refractivity contribution is 0.959. The molecule has 0 aliphatic heterocycles. The van der Waals surface area contributed by atoms with Gasteiger partial charge in [-0.25, -0.2) is 0 Å². The van der Waals surface area contributed by atoms with Crippen molar-refractivity contribution in [2.24, 2.45) is 0 Å². The monoisotopic (exact) mass is 159 g/mol. The van der Waals surface area contributed by atoms with E-state index in [9.17, 15) is 0 Å². The molecule has 0 aliphatic rings. The lowest BCUT2D eigenvalue weighted by atomic mass is 10.1. The maximum Gasteiger partial charge on any atom is -0.0184 e. The Kier molecular flexibility index (Phi) is 3.59. The average Bonchev–Trinajstić information content (AvgIpc) is 2.15. The Morgan fingerprint density at radius 3 is 2.67 bits per heavy atom. The van der Waals surface area contributed by atoms with Crippen LogP contribution >= 0.6 is 0 Å². The highest BCUT2D eigenvalue weighted by molar-refractivity contribution is 5.63. The predicted molar refractivity (Wildman–Crippen MR) is 53.8 cm³/mol. The van der Waals surface area contributed by atoms with Crippen molar-refractivity contribution in [3.63, 3.8) is 0 Å². The zero-order valence-corrected chi connectivity index (χ0v) is 7.80. The number of benzene rings is 1. The molecule has 0 amide bonds. The lowest BCUT2D eigenvalue weighted by Gasteiger charge is -1.99. The summed E-state index contributed by atoms with van der Waals surface area (Å²) in [7, 11) is 0. The molecule has 0 heterocycles. The first-order chi connectivity index (χ1) is 5.84. The number of allylic oxidation sites excluding steroid dienone is 2. The van der Waals surface area contributed by atoms with Gasteiger partial charge in [0.1, 0.15) is 0 Å². The zero-order chi connectivity index (χ0) is 8.81. The minimum atomic E-state index is 1.17. The van der Waals surface area contributed by atoms with Gasteiger partial charge in [0.2, 0.25) is 0 Å². The largest absolute Gasteiger partial charge is 0.0810 e. The summed E-state index contributed by atoms with van der Waals surface area (Å²) >= 11 is 0. The summed E-state index contributed by atoms with van der Waals surface area (Å²) in [4.78, 5) is 0. The summed E-state index contributed by atoms with van der Waals surface area (Å²) in [6, 6.07) is 11.1.